The molecule has 4 heteroatoms. The topological polar surface area (TPSA) is 49.8 Å². The number of amides is 1. The van der Waals surface area contributed by atoms with E-state index in [9.17, 15) is 9.90 Å². The maximum atomic E-state index is 12.1. The van der Waals surface area contributed by atoms with Gasteiger partial charge in [0.25, 0.3) is 0 Å². The van der Waals surface area contributed by atoms with Crippen molar-refractivity contribution in [3.63, 3.8) is 0 Å². The minimum absolute atomic E-state index is 0.150. The number of likely N-dealkylation sites (tertiary alicyclic amines) is 1. The van der Waals surface area contributed by atoms with Crippen LogP contribution in [-0.2, 0) is 4.74 Å². The van der Waals surface area contributed by atoms with E-state index in [1.54, 1.807) is 0 Å². The lowest BCUT2D eigenvalue weighted by Gasteiger charge is -2.45. The summed E-state index contributed by atoms with van der Waals surface area (Å²) in [6.45, 7) is 7.83. The average molecular weight is 281 g/mol. The Balaban J connectivity index is 1.53. The first-order valence-electron chi connectivity index (χ1n) is 7.89. The summed E-state index contributed by atoms with van der Waals surface area (Å²) in [4.78, 5) is 14.0. The van der Waals surface area contributed by atoms with Gasteiger partial charge in [0.1, 0.15) is 5.60 Å². The molecule has 2 aliphatic carbocycles. The average Bonchev–Trinajstić information content (AvgIpc) is 2.78. The quantitative estimate of drug-likeness (QED) is 0.804. The molecular weight excluding hydrogens is 254 g/mol. The standard InChI is InChI=1S/C16H27NO3/c1-15(2,3)20-14(19)17-8-12-6-16(7-13(12)9-17)4-11(5-16)10-18/h11-13,18H,4-10H2,1-3H3. The molecule has 0 bridgehead atoms. The van der Waals surface area contributed by atoms with E-state index in [4.69, 9.17) is 4.74 Å². The van der Waals surface area contributed by atoms with Gasteiger partial charge in [0.15, 0.2) is 0 Å². The van der Waals surface area contributed by atoms with Gasteiger partial charge in [0, 0.05) is 19.7 Å². The van der Waals surface area contributed by atoms with Crippen LogP contribution in [0.2, 0.25) is 0 Å². The van der Waals surface area contributed by atoms with Crippen LogP contribution in [0.1, 0.15) is 46.5 Å². The second-order valence-electron chi connectivity index (χ2n) is 8.27. The van der Waals surface area contributed by atoms with E-state index in [1.807, 2.05) is 25.7 Å². The smallest absolute Gasteiger partial charge is 0.410 e. The fourth-order valence-electron chi connectivity index (χ4n) is 4.70. The number of carbonyl (C=O) groups excluding carboxylic acids is 1. The zero-order valence-corrected chi connectivity index (χ0v) is 12.9. The van der Waals surface area contributed by atoms with Crippen molar-refractivity contribution in [2.75, 3.05) is 19.7 Å². The predicted octanol–water partition coefficient (Wildman–Crippen LogP) is 2.65. The minimum atomic E-state index is -0.404. The molecule has 4 nitrogen and oxygen atoms in total. The number of fused-ring (bicyclic) bond motifs is 1. The van der Waals surface area contributed by atoms with E-state index >= 15 is 0 Å². The van der Waals surface area contributed by atoms with Crippen LogP contribution in [0.5, 0.6) is 0 Å². The molecule has 0 aromatic heterocycles. The van der Waals surface area contributed by atoms with Gasteiger partial charge in [0.05, 0.1) is 0 Å². The maximum absolute atomic E-state index is 12.1. The van der Waals surface area contributed by atoms with Crippen molar-refractivity contribution >= 4 is 6.09 Å². The Morgan fingerprint density at radius 2 is 1.75 bits per heavy atom. The molecule has 114 valence electrons. The monoisotopic (exact) mass is 281 g/mol. The van der Waals surface area contributed by atoms with Crippen molar-refractivity contribution in [3.8, 4) is 0 Å². The van der Waals surface area contributed by atoms with E-state index in [1.165, 1.54) is 25.7 Å². The summed E-state index contributed by atoms with van der Waals surface area (Å²) in [5, 5.41) is 9.19. The summed E-state index contributed by atoms with van der Waals surface area (Å²) in [6, 6.07) is 0. The fourth-order valence-corrected chi connectivity index (χ4v) is 4.70. The van der Waals surface area contributed by atoms with Crippen LogP contribution in [0.25, 0.3) is 0 Å². The predicted molar refractivity (Wildman–Crippen MR) is 76.3 cm³/mol. The normalized spacial score (nSPS) is 39.8. The number of ether oxygens (including phenoxy) is 1. The summed E-state index contributed by atoms with van der Waals surface area (Å²) in [5.41, 5.74) is 0.0983. The van der Waals surface area contributed by atoms with Crippen LogP contribution in [0.4, 0.5) is 4.79 Å². The molecule has 2 unspecified atom stereocenters. The number of hydrogen-bond donors (Lipinski definition) is 1. The van der Waals surface area contributed by atoms with E-state index in [2.05, 4.69) is 0 Å². The molecule has 0 radical (unpaired) electrons. The molecule has 1 amide bonds. The summed E-state index contributed by atoms with van der Waals surface area (Å²) < 4.78 is 5.47. The number of aliphatic hydroxyl groups is 1. The van der Waals surface area contributed by atoms with Crippen LogP contribution >= 0.6 is 0 Å². The third kappa shape index (κ3) is 2.54. The molecule has 20 heavy (non-hydrogen) atoms. The highest BCUT2D eigenvalue weighted by atomic mass is 16.6. The van der Waals surface area contributed by atoms with E-state index < -0.39 is 5.60 Å². The first-order chi connectivity index (χ1) is 9.30. The molecular formula is C16H27NO3. The molecule has 2 saturated carbocycles. The van der Waals surface area contributed by atoms with E-state index in [0.717, 1.165) is 13.1 Å². The molecule has 1 heterocycles. The molecule has 3 rings (SSSR count). The first-order valence-corrected chi connectivity index (χ1v) is 7.89. The second-order valence-corrected chi connectivity index (χ2v) is 8.27. The van der Waals surface area contributed by atoms with Crippen molar-refractivity contribution in [1.29, 1.82) is 0 Å². The van der Waals surface area contributed by atoms with E-state index in [-0.39, 0.29) is 6.09 Å². The Hall–Kier alpha value is -0.770. The molecule has 1 aliphatic heterocycles. The van der Waals surface area contributed by atoms with Gasteiger partial charge in [-0.2, -0.15) is 0 Å². The Morgan fingerprint density at radius 3 is 2.20 bits per heavy atom. The number of hydrogen-bond acceptors (Lipinski definition) is 3. The van der Waals surface area contributed by atoms with Gasteiger partial charge in [-0.25, -0.2) is 4.79 Å². The third-order valence-corrected chi connectivity index (χ3v) is 5.32. The molecule has 1 spiro atoms. The highest BCUT2D eigenvalue weighted by Crippen LogP contribution is 2.61. The highest BCUT2D eigenvalue weighted by molar-refractivity contribution is 5.68. The summed E-state index contributed by atoms with van der Waals surface area (Å²) in [5.74, 6) is 1.85. The number of nitrogens with zero attached hydrogens (tertiary/aromatic N) is 1. The zero-order chi connectivity index (χ0) is 14.5. The molecule has 3 aliphatic rings. The van der Waals surface area contributed by atoms with Gasteiger partial charge in [-0.15, -0.1) is 0 Å². The molecule has 1 N–H and O–H groups in total. The van der Waals surface area contributed by atoms with E-state index in [0.29, 0.717) is 29.8 Å². The van der Waals surface area contributed by atoms with Crippen molar-refractivity contribution in [2.45, 2.75) is 52.1 Å². The van der Waals surface area contributed by atoms with Crippen LogP contribution < -0.4 is 0 Å². The lowest BCUT2D eigenvalue weighted by atomic mass is 9.60. The molecule has 1 saturated heterocycles. The van der Waals surface area contributed by atoms with Crippen LogP contribution in [0, 0.1) is 23.2 Å². The number of carbonyl (C=O) groups is 1. The Bertz CT molecular complexity index is 379. The van der Waals surface area contributed by atoms with Crippen LogP contribution in [-0.4, -0.2) is 41.4 Å². The Kier molecular flexibility index (Phi) is 3.27. The van der Waals surface area contributed by atoms with Crippen molar-refractivity contribution in [2.24, 2.45) is 23.2 Å². The molecule has 3 fully saturated rings. The highest BCUT2D eigenvalue weighted by Gasteiger charge is 2.55. The van der Waals surface area contributed by atoms with Gasteiger partial charge in [-0.05, 0) is 69.6 Å². The largest absolute Gasteiger partial charge is 0.444 e. The zero-order valence-electron chi connectivity index (χ0n) is 12.9. The lowest BCUT2D eigenvalue weighted by Crippen LogP contribution is -2.40. The first kappa shape index (κ1) is 14.2. The number of rotatable bonds is 1. The second kappa shape index (κ2) is 4.62. The SMILES string of the molecule is CC(C)(C)OC(=O)N1CC2CC3(CC(CO)C3)CC2C1. The molecule has 0 aromatic carbocycles. The molecule has 2 atom stereocenters. The van der Waals surface area contributed by atoms with Gasteiger partial charge >= 0.3 is 6.09 Å². The van der Waals surface area contributed by atoms with Crippen LogP contribution in [0.15, 0.2) is 0 Å². The summed E-state index contributed by atoms with van der Waals surface area (Å²) in [6.07, 6.45) is 4.73. The number of aliphatic hydroxyl groups excluding tert-OH is 1. The summed E-state index contributed by atoms with van der Waals surface area (Å²) in [7, 11) is 0. The summed E-state index contributed by atoms with van der Waals surface area (Å²) >= 11 is 0. The van der Waals surface area contributed by atoms with Crippen molar-refractivity contribution in [1.82, 2.24) is 4.90 Å². The van der Waals surface area contributed by atoms with Crippen LogP contribution in [0.3, 0.4) is 0 Å². The lowest BCUT2D eigenvalue weighted by molar-refractivity contribution is 0.00660. The Labute approximate surface area is 121 Å². The van der Waals surface area contributed by atoms with Crippen molar-refractivity contribution in [3.05, 3.63) is 0 Å². The van der Waals surface area contributed by atoms with Gasteiger partial charge in [-0.1, -0.05) is 0 Å². The third-order valence-electron chi connectivity index (χ3n) is 5.32. The fraction of sp³-hybridized carbons (Fsp3) is 0.938. The maximum Gasteiger partial charge on any atom is 0.410 e. The minimum Gasteiger partial charge on any atom is -0.444 e. The van der Waals surface area contributed by atoms with Gasteiger partial charge in [0.2, 0.25) is 0 Å². The van der Waals surface area contributed by atoms with Crippen molar-refractivity contribution < 1.29 is 14.6 Å². The van der Waals surface area contributed by atoms with Gasteiger partial charge in [-0.3, -0.25) is 0 Å². The Morgan fingerprint density at radius 1 is 1.20 bits per heavy atom. The molecule has 0 aromatic rings. The van der Waals surface area contributed by atoms with Gasteiger partial charge < -0.3 is 14.7 Å².